The van der Waals surface area contributed by atoms with Gasteiger partial charge in [0.25, 0.3) is 0 Å². The SMILES string of the molecule is Cc1ccccc1-c1cccc(B(O)O)n1. The number of pyridine rings is 1. The quantitative estimate of drug-likeness (QED) is 0.723. The second-order valence-corrected chi connectivity index (χ2v) is 3.64. The van der Waals surface area contributed by atoms with Crippen molar-refractivity contribution < 1.29 is 10.0 Å². The predicted molar refractivity (Wildman–Crippen MR) is 64.2 cm³/mol. The van der Waals surface area contributed by atoms with Gasteiger partial charge in [0, 0.05) is 5.56 Å². The van der Waals surface area contributed by atoms with Crippen molar-refractivity contribution >= 4 is 12.7 Å². The molecule has 0 amide bonds. The Morgan fingerprint density at radius 1 is 1.00 bits per heavy atom. The maximum absolute atomic E-state index is 9.06. The average molecular weight is 213 g/mol. The van der Waals surface area contributed by atoms with Gasteiger partial charge in [0.05, 0.1) is 11.3 Å². The third kappa shape index (κ3) is 2.13. The summed E-state index contributed by atoms with van der Waals surface area (Å²) in [5.74, 6) is 0. The summed E-state index contributed by atoms with van der Waals surface area (Å²) in [7, 11) is -1.52. The molecule has 0 radical (unpaired) electrons. The molecule has 0 saturated heterocycles. The fraction of sp³-hybridized carbons (Fsp3) is 0.0833. The average Bonchev–Trinajstić information content (AvgIpc) is 2.30. The fourth-order valence-electron chi connectivity index (χ4n) is 1.61. The van der Waals surface area contributed by atoms with E-state index in [1.807, 2.05) is 37.3 Å². The molecule has 16 heavy (non-hydrogen) atoms. The Hall–Kier alpha value is -1.65. The van der Waals surface area contributed by atoms with E-state index in [0.717, 1.165) is 16.8 Å². The maximum atomic E-state index is 9.06. The topological polar surface area (TPSA) is 53.4 Å². The molecule has 80 valence electrons. The molecule has 4 heteroatoms. The van der Waals surface area contributed by atoms with Gasteiger partial charge in [0.2, 0.25) is 0 Å². The minimum atomic E-state index is -1.52. The summed E-state index contributed by atoms with van der Waals surface area (Å²) in [5.41, 5.74) is 3.13. The zero-order valence-electron chi connectivity index (χ0n) is 8.96. The molecule has 0 unspecified atom stereocenters. The second kappa shape index (κ2) is 4.47. The lowest BCUT2D eigenvalue weighted by molar-refractivity contribution is 0.424. The van der Waals surface area contributed by atoms with Crippen molar-refractivity contribution in [1.29, 1.82) is 0 Å². The smallest absolute Gasteiger partial charge is 0.422 e. The van der Waals surface area contributed by atoms with Crippen LogP contribution in [0.4, 0.5) is 0 Å². The first-order chi connectivity index (χ1) is 7.68. The van der Waals surface area contributed by atoms with Gasteiger partial charge >= 0.3 is 7.12 Å². The van der Waals surface area contributed by atoms with Gasteiger partial charge in [-0.25, -0.2) is 0 Å². The highest BCUT2D eigenvalue weighted by molar-refractivity contribution is 6.57. The number of benzene rings is 1. The zero-order chi connectivity index (χ0) is 11.5. The van der Waals surface area contributed by atoms with Crippen molar-refractivity contribution in [1.82, 2.24) is 4.98 Å². The first kappa shape index (κ1) is 10.9. The Labute approximate surface area is 94.6 Å². The molecule has 0 aliphatic heterocycles. The van der Waals surface area contributed by atoms with Crippen molar-refractivity contribution in [2.75, 3.05) is 0 Å². The van der Waals surface area contributed by atoms with Crippen LogP contribution in [0.5, 0.6) is 0 Å². The molecular formula is C12H12BNO2. The van der Waals surface area contributed by atoms with E-state index in [9.17, 15) is 0 Å². The van der Waals surface area contributed by atoms with Crippen LogP contribution >= 0.6 is 0 Å². The first-order valence-corrected chi connectivity index (χ1v) is 5.07. The molecule has 0 aliphatic rings. The lowest BCUT2D eigenvalue weighted by Gasteiger charge is -2.06. The molecule has 1 aromatic carbocycles. The van der Waals surface area contributed by atoms with E-state index in [0.29, 0.717) is 0 Å². The predicted octanol–water partition coefficient (Wildman–Crippen LogP) is 0.737. The molecule has 2 rings (SSSR count). The maximum Gasteiger partial charge on any atom is 0.508 e. The van der Waals surface area contributed by atoms with Crippen LogP contribution in [0.25, 0.3) is 11.3 Å². The lowest BCUT2D eigenvalue weighted by atomic mass is 9.85. The van der Waals surface area contributed by atoms with Gasteiger partial charge in [-0.2, -0.15) is 0 Å². The number of hydrogen-bond acceptors (Lipinski definition) is 3. The Balaban J connectivity index is 2.49. The van der Waals surface area contributed by atoms with Gasteiger partial charge in [-0.05, 0) is 24.6 Å². The third-order valence-corrected chi connectivity index (χ3v) is 2.46. The van der Waals surface area contributed by atoms with Crippen LogP contribution in [0.3, 0.4) is 0 Å². The number of rotatable bonds is 2. The Morgan fingerprint density at radius 2 is 1.75 bits per heavy atom. The zero-order valence-corrected chi connectivity index (χ0v) is 8.96. The van der Waals surface area contributed by atoms with E-state index in [1.165, 1.54) is 0 Å². The molecular weight excluding hydrogens is 201 g/mol. The number of hydrogen-bond donors (Lipinski definition) is 2. The first-order valence-electron chi connectivity index (χ1n) is 5.07. The number of aromatic nitrogens is 1. The molecule has 0 spiro atoms. The van der Waals surface area contributed by atoms with E-state index in [-0.39, 0.29) is 5.59 Å². The summed E-state index contributed by atoms with van der Waals surface area (Å²) in [6, 6.07) is 13.1. The second-order valence-electron chi connectivity index (χ2n) is 3.64. The van der Waals surface area contributed by atoms with Crippen molar-refractivity contribution in [3.8, 4) is 11.3 Å². The largest absolute Gasteiger partial charge is 0.508 e. The molecule has 3 nitrogen and oxygen atoms in total. The Kier molecular flexibility index (Phi) is 3.03. The fourth-order valence-corrected chi connectivity index (χ4v) is 1.61. The van der Waals surface area contributed by atoms with Crippen LogP contribution in [0, 0.1) is 6.92 Å². The van der Waals surface area contributed by atoms with Gasteiger partial charge in [0.1, 0.15) is 0 Å². The molecule has 0 bridgehead atoms. The van der Waals surface area contributed by atoms with Crippen molar-refractivity contribution in [3.05, 3.63) is 48.0 Å². The summed E-state index contributed by atoms with van der Waals surface area (Å²) in [6.45, 7) is 2.00. The van der Waals surface area contributed by atoms with Crippen molar-refractivity contribution in [3.63, 3.8) is 0 Å². The van der Waals surface area contributed by atoms with Gasteiger partial charge in [-0.3, -0.25) is 4.98 Å². The Bertz CT molecular complexity index is 500. The van der Waals surface area contributed by atoms with Gasteiger partial charge < -0.3 is 10.0 Å². The van der Waals surface area contributed by atoms with E-state index in [4.69, 9.17) is 10.0 Å². The van der Waals surface area contributed by atoms with E-state index in [2.05, 4.69) is 4.98 Å². The van der Waals surface area contributed by atoms with Gasteiger partial charge in [0.15, 0.2) is 0 Å². The highest BCUT2D eigenvalue weighted by Gasteiger charge is 2.13. The molecule has 0 atom stereocenters. The van der Waals surface area contributed by atoms with Crippen LogP contribution in [0.15, 0.2) is 42.5 Å². The van der Waals surface area contributed by atoms with Crippen LogP contribution in [0.2, 0.25) is 0 Å². The molecule has 0 saturated carbocycles. The summed E-state index contributed by atoms with van der Waals surface area (Å²) in [5, 5.41) is 18.1. The normalized spacial score (nSPS) is 10.2. The highest BCUT2D eigenvalue weighted by atomic mass is 16.4. The van der Waals surface area contributed by atoms with Crippen molar-refractivity contribution in [2.45, 2.75) is 6.92 Å². The van der Waals surface area contributed by atoms with Crippen LogP contribution in [0.1, 0.15) is 5.56 Å². The highest BCUT2D eigenvalue weighted by Crippen LogP contribution is 2.19. The molecule has 1 aromatic heterocycles. The van der Waals surface area contributed by atoms with E-state index < -0.39 is 7.12 Å². The van der Waals surface area contributed by atoms with Gasteiger partial charge in [-0.15, -0.1) is 0 Å². The van der Waals surface area contributed by atoms with Crippen LogP contribution < -0.4 is 5.59 Å². The third-order valence-electron chi connectivity index (χ3n) is 2.46. The standard InChI is InChI=1S/C12H12BNO2/c1-9-5-2-3-6-10(9)11-7-4-8-12(14-11)13(15)16/h2-8,15-16H,1H3. The summed E-state index contributed by atoms with van der Waals surface area (Å²) >= 11 is 0. The molecule has 2 N–H and O–H groups in total. The molecule has 0 fully saturated rings. The van der Waals surface area contributed by atoms with E-state index >= 15 is 0 Å². The Morgan fingerprint density at radius 3 is 2.44 bits per heavy atom. The number of aryl methyl sites for hydroxylation is 1. The monoisotopic (exact) mass is 213 g/mol. The van der Waals surface area contributed by atoms with Crippen molar-refractivity contribution in [2.24, 2.45) is 0 Å². The summed E-state index contributed by atoms with van der Waals surface area (Å²) in [6.07, 6.45) is 0. The minimum absolute atomic E-state index is 0.265. The number of nitrogens with zero attached hydrogens (tertiary/aromatic N) is 1. The van der Waals surface area contributed by atoms with E-state index in [1.54, 1.807) is 12.1 Å². The van der Waals surface area contributed by atoms with Crippen LogP contribution in [-0.4, -0.2) is 22.2 Å². The lowest BCUT2D eigenvalue weighted by Crippen LogP contribution is -2.32. The van der Waals surface area contributed by atoms with Gasteiger partial charge in [-0.1, -0.05) is 30.3 Å². The van der Waals surface area contributed by atoms with Crippen LogP contribution in [-0.2, 0) is 0 Å². The molecule has 1 heterocycles. The summed E-state index contributed by atoms with van der Waals surface area (Å²) in [4.78, 5) is 4.20. The molecule has 0 aliphatic carbocycles. The molecule has 2 aromatic rings. The summed E-state index contributed by atoms with van der Waals surface area (Å²) < 4.78 is 0. The minimum Gasteiger partial charge on any atom is -0.422 e.